The van der Waals surface area contributed by atoms with E-state index in [1.54, 1.807) is 0 Å². The van der Waals surface area contributed by atoms with Crippen molar-refractivity contribution in [3.63, 3.8) is 0 Å². The number of nitrogens with two attached hydrogens (primary N) is 1. The maximum Gasteiger partial charge on any atom is 0.500 e. The fraction of sp³-hybridized carbons (Fsp3) is 0.857. The molecule has 0 radical (unpaired) electrons. The first kappa shape index (κ1) is 21.0. The molecule has 3 N–H and O–H groups in total. The zero-order valence-electron chi connectivity index (χ0n) is 14.0. The highest BCUT2D eigenvalue weighted by atomic mass is 28.4. The zero-order valence-corrected chi connectivity index (χ0v) is 15.0. The monoisotopic (exact) mass is 334 g/mol. The second-order valence-corrected chi connectivity index (χ2v) is 7.49. The molecule has 0 aliphatic heterocycles. The Bertz CT molecular complexity index is 311. The third-order valence-corrected chi connectivity index (χ3v) is 6.05. The minimum absolute atomic E-state index is 0.0715. The number of hydrogen-bond acceptors (Lipinski definition) is 5. The van der Waals surface area contributed by atoms with Crippen molar-refractivity contribution in [1.82, 2.24) is 5.32 Å². The van der Waals surface area contributed by atoms with Crippen LogP contribution in [0.2, 0.25) is 6.04 Å². The molecule has 0 unspecified atom stereocenters. The van der Waals surface area contributed by atoms with E-state index < -0.39 is 8.80 Å². The molecule has 0 aliphatic carbocycles. The number of hydrogen-bond donors (Lipinski definition) is 2. The Morgan fingerprint density at radius 2 is 1.50 bits per heavy atom. The summed E-state index contributed by atoms with van der Waals surface area (Å²) < 4.78 is 17.2. The van der Waals surface area contributed by atoms with E-state index in [0.717, 1.165) is 6.42 Å². The van der Waals surface area contributed by atoms with Gasteiger partial charge in [0.15, 0.2) is 0 Å². The van der Waals surface area contributed by atoms with E-state index in [2.05, 4.69) is 5.32 Å². The number of nitrogens with one attached hydrogen (secondary N) is 1. The van der Waals surface area contributed by atoms with Crippen molar-refractivity contribution in [3.05, 3.63) is 0 Å². The van der Waals surface area contributed by atoms with Crippen LogP contribution < -0.4 is 11.1 Å². The fourth-order valence-corrected chi connectivity index (χ4v) is 4.66. The third-order valence-electron chi connectivity index (χ3n) is 2.90. The molecule has 0 rings (SSSR count). The number of carbonyl (C=O) groups excluding carboxylic acids is 2. The molecule has 0 atom stereocenters. The van der Waals surface area contributed by atoms with Crippen molar-refractivity contribution in [1.29, 1.82) is 0 Å². The number of amides is 2. The van der Waals surface area contributed by atoms with Crippen molar-refractivity contribution in [2.24, 2.45) is 5.73 Å². The first-order chi connectivity index (χ1) is 10.5. The summed E-state index contributed by atoms with van der Waals surface area (Å²) in [6, 6.07) is 0.671. The van der Waals surface area contributed by atoms with Crippen LogP contribution in [0.1, 0.15) is 46.5 Å². The maximum atomic E-state index is 11.6. The van der Waals surface area contributed by atoms with E-state index in [9.17, 15) is 9.59 Å². The smallest absolute Gasteiger partial charge is 0.374 e. The lowest BCUT2D eigenvalue weighted by Crippen LogP contribution is -2.46. The van der Waals surface area contributed by atoms with Gasteiger partial charge in [-0.2, -0.15) is 0 Å². The van der Waals surface area contributed by atoms with Crippen LogP contribution in [0.15, 0.2) is 0 Å². The van der Waals surface area contributed by atoms with Gasteiger partial charge in [0.25, 0.3) is 0 Å². The zero-order chi connectivity index (χ0) is 16.8. The lowest BCUT2D eigenvalue weighted by Gasteiger charge is -2.28. The molecule has 0 aromatic rings. The quantitative estimate of drug-likeness (QED) is 0.367. The van der Waals surface area contributed by atoms with Gasteiger partial charge >= 0.3 is 8.80 Å². The van der Waals surface area contributed by atoms with E-state index in [-0.39, 0.29) is 18.2 Å². The molecular weight excluding hydrogens is 304 g/mol. The molecular formula is C14H30N2O5Si. The molecule has 0 saturated carbocycles. The molecule has 130 valence electrons. The molecule has 0 aromatic heterocycles. The summed E-state index contributed by atoms with van der Waals surface area (Å²) in [5.74, 6) is -0.452. The number of carbonyl (C=O) groups is 2. The summed E-state index contributed by atoms with van der Waals surface area (Å²) >= 11 is 0. The largest absolute Gasteiger partial charge is 0.500 e. The van der Waals surface area contributed by atoms with Crippen molar-refractivity contribution < 1.29 is 22.9 Å². The Labute approximate surface area is 134 Å². The predicted octanol–water partition coefficient (Wildman–Crippen LogP) is 1.20. The van der Waals surface area contributed by atoms with Crippen LogP contribution in [0.3, 0.4) is 0 Å². The molecule has 8 heteroatoms. The highest BCUT2D eigenvalue weighted by Gasteiger charge is 2.39. The Morgan fingerprint density at radius 3 is 1.95 bits per heavy atom. The lowest BCUT2D eigenvalue weighted by molar-refractivity contribution is -0.121. The molecule has 0 aliphatic rings. The minimum Gasteiger partial charge on any atom is -0.374 e. The van der Waals surface area contributed by atoms with Crippen LogP contribution in [0, 0.1) is 0 Å². The molecule has 0 fully saturated rings. The van der Waals surface area contributed by atoms with Gasteiger partial charge in [-0.05, 0) is 33.6 Å². The van der Waals surface area contributed by atoms with Gasteiger partial charge < -0.3 is 24.3 Å². The molecule has 2 amide bonds. The molecule has 0 aromatic carbocycles. The fourth-order valence-electron chi connectivity index (χ4n) is 2.05. The molecule has 0 spiro atoms. The van der Waals surface area contributed by atoms with Crippen molar-refractivity contribution in [2.75, 3.05) is 26.4 Å². The summed E-state index contributed by atoms with van der Waals surface area (Å²) in [6.07, 6.45) is 1.76. The van der Waals surface area contributed by atoms with Crippen LogP contribution in [0.5, 0.6) is 0 Å². The molecule has 22 heavy (non-hydrogen) atoms. The van der Waals surface area contributed by atoms with Crippen LogP contribution in [-0.4, -0.2) is 47.0 Å². The third kappa shape index (κ3) is 9.88. The SMILES string of the molecule is CCO[Si](CCCNC(=O)CCCC(N)=O)(OCC)OCC. The molecule has 0 heterocycles. The van der Waals surface area contributed by atoms with Crippen LogP contribution in [0.25, 0.3) is 0 Å². The summed E-state index contributed by atoms with van der Waals surface area (Å²) in [5, 5.41) is 2.82. The van der Waals surface area contributed by atoms with Gasteiger partial charge in [0.05, 0.1) is 0 Å². The van der Waals surface area contributed by atoms with E-state index in [1.165, 1.54) is 0 Å². The average molecular weight is 334 g/mol. The first-order valence-electron chi connectivity index (χ1n) is 7.96. The molecule has 7 nitrogen and oxygen atoms in total. The summed E-state index contributed by atoms with van der Waals surface area (Å²) in [4.78, 5) is 22.2. The van der Waals surface area contributed by atoms with Crippen LogP contribution in [0.4, 0.5) is 0 Å². The minimum atomic E-state index is -2.62. The normalized spacial score (nSPS) is 11.4. The van der Waals surface area contributed by atoms with Gasteiger partial charge in [0, 0.05) is 45.3 Å². The van der Waals surface area contributed by atoms with Gasteiger partial charge in [-0.1, -0.05) is 0 Å². The Kier molecular flexibility index (Phi) is 12.0. The van der Waals surface area contributed by atoms with Crippen molar-refractivity contribution in [3.8, 4) is 0 Å². The highest BCUT2D eigenvalue weighted by molar-refractivity contribution is 6.60. The average Bonchev–Trinajstić information content (AvgIpc) is 2.44. The predicted molar refractivity (Wildman–Crippen MR) is 86.1 cm³/mol. The van der Waals surface area contributed by atoms with Crippen molar-refractivity contribution in [2.45, 2.75) is 52.5 Å². The highest BCUT2D eigenvalue weighted by Crippen LogP contribution is 2.17. The Morgan fingerprint density at radius 1 is 0.955 bits per heavy atom. The van der Waals surface area contributed by atoms with E-state index in [1.807, 2.05) is 20.8 Å². The number of rotatable bonds is 14. The van der Waals surface area contributed by atoms with Crippen LogP contribution in [-0.2, 0) is 22.9 Å². The summed E-state index contributed by atoms with van der Waals surface area (Å²) in [6.45, 7) is 7.93. The topological polar surface area (TPSA) is 99.9 Å². The van der Waals surface area contributed by atoms with E-state index in [0.29, 0.717) is 45.3 Å². The number of primary amides is 1. The second-order valence-electron chi connectivity index (χ2n) is 4.76. The van der Waals surface area contributed by atoms with Crippen LogP contribution >= 0.6 is 0 Å². The molecule has 0 bridgehead atoms. The maximum absolute atomic E-state index is 11.6. The van der Waals surface area contributed by atoms with Crippen molar-refractivity contribution >= 4 is 20.6 Å². The Hall–Kier alpha value is -0.963. The van der Waals surface area contributed by atoms with Gasteiger partial charge in [-0.15, -0.1) is 0 Å². The van der Waals surface area contributed by atoms with E-state index in [4.69, 9.17) is 19.0 Å². The summed E-state index contributed by atoms with van der Waals surface area (Å²) in [7, 11) is -2.62. The van der Waals surface area contributed by atoms with Gasteiger partial charge in [-0.25, -0.2) is 0 Å². The lowest BCUT2D eigenvalue weighted by atomic mass is 10.2. The Balaban J connectivity index is 4.05. The summed E-state index contributed by atoms with van der Waals surface area (Å²) in [5.41, 5.74) is 5.03. The van der Waals surface area contributed by atoms with E-state index >= 15 is 0 Å². The first-order valence-corrected chi connectivity index (χ1v) is 9.89. The standard InChI is InChI=1S/C14H30N2O5Si/c1-4-19-22(20-5-2,21-6-3)12-8-11-16-14(18)10-7-9-13(15)17/h4-12H2,1-3H3,(H2,15,17)(H,16,18). The van der Waals surface area contributed by atoms with Gasteiger partial charge in [0.2, 0.25) is 11.8 Å². The van der Waals surface area contributed by atoms with Gasteiger partial charge in [0.1, 0.15) is 0 Å². The van der Waals surface area contributed by atoms with Gasteiger partial charge in [-0.3, -0.25) is 9.59 Å². The second kappa shape index (κ2) is 12.6. The molecule has 0 saturated heterocycles.